The number of thioether (sulfide) groups is 1. The standard InChI is InChI=1S/C26H40N2S/c1-8-11-24(14-13-22(4)19-27)18-23(5)29-17-10-9-12-25(20-28)26(6,7)16-15-21(2)3/h11,25H,2,4-5,8-10,12-18H2,1,3,6-7H3/b24-11-. The first-order valence-electron chi connectivity index (χ1n) is 10.8. The molecule has 0 radical (unpaired) electrons. The zero-order valence-corrected chi connectivity index (χ0v) is 20.0. The van der Waals surface area contributed by atoms with Crippen LogP contribution in [0.5, 0.6) is 0 Å². The molecule has 0 aromatic rings. The van der Waals surface area contributed by atoms with Gasteiger partial charge < -0.3 is 0 Å². The molecule has 1 atom stereocenters. The van der Waals surface area contributed by atoms with Gasteiger partial charge in [0.1, 0.15) is 0 Å². The molecular formula is C26H40N2S. The molecule has 0 saturated carbocycles. The molecule has 0 bridgehead atoms. The van der Waals surface area contributed by atoms with Gasteiger partial charge in [-0.25, -0.2) is 0 Å². The fraction of sp³-hybridized carbons (Fsp3) is 0.615. The third-order valence-corrected chi connectivity index (χ3v) is 6.36. The van der Waals surface area contributed by atoms with E-state index >= 15 is 0 Å². The average molecular weight is 413 g/mol. The molecule has 0 aliphatic heterocycles. The molecule has 2 nitrogen and oxygen atoms in total. The van der Waals surface area contributed by atoms with Crippen molar-refractivity contribution >= 4 is 11.8 Å². The number of hydrogen-bond donors (Lipinski definition) is 0. The Bertz CT molecular complexity index is 655. The number of nitriles is 2. The molecule has 0 aromatic carbocycles. The highest BCUT2D eigenvalue weighted by Gasteiger charge is 2.28. The van der Waals surface area contributed by atoms with Crippen LogP contribution >= 0.6 is 11.8 Å². The summed E-state index contributed by atoms with van der Waals surface area (Å²) in [5.74, 6) is 1.15. The molecule has 0 fully saturated rings. The number of nitrogens with zero attached hydrogens (tertiary/aromatic N) is 2. The van der Waals surface area contributed by atoms with Crippen molar-refractivity contribution in [3.8, 4) is 12.1 Å². The molecule has 0 amide bonds. The van der Waals surface area contributed by atoms with Gasteiger partial charge in [0.2, 0.25) is 0 Å². The van der Waals surface area contributed by atoms with Crippen LogP contribution in [0.4, 0.5) is 0 Å². The van der Waals surface area contributed by atoms with Crippen LogP contribution in [0.3, 0.4) is 0 Å². The van der Waals surface area contributed by atoms with E-state index in [1.165, 1.54) is 16.1 Å². The minimum Gasteiger partial charge on any atom is -0.198 e. The van der Waals surface area contributed by atoms with Crippen LogP contribution in [0, 0.1) is 34.0 Å². The van der Waals surface area contributed by atoms with Crippen LogP contribution < -0.4 is 0 Å². The smallest absolute Gasteiger partial charge is 0.0940 e. The van der Waals surface area contributed by atoms with E-state index in [1.807, 2.05) is 11.8 Å². The van der Waals surface area contributed by atoms with Gasteiger partial charge in [0.15, 0.2) is 0 Å². The van der Waals surface area contributed by atoms with Crippen molar-refractivity contribution in [2.45, 2.75) is 85.5 Å². The van der Waals surface area contributed by atoms with Gasteiger partial charge in [0, 0.05) is 5.57 Å². The zero-order chi connectivity index (χ0) is 22.3. The monoisotopic (exact) mass is 412 g/mol. The first kappa shape index (κ1) is 27.3. The second kappa shape index (κ2) is 15.2. The van der Waals surface area contributed by atoms with Crippen molar-refractivity contribution in [2.24, 2.45) is 11.3 Å². The Balaban J connectivity index is 4.28. The van der Waals surface area contributed by atoms with Gasteiger partial charge in [0.25, 0.3) is 0 Å². The summed E-state index contributed by atoms with van der Waals surface area (Å²) in [6.45, 7) is 20.6. The summed E-state index contributed by atoms with van der Waals surface area (Å²) in [6.07, 6.45) is 10.9. The van der Waals surface area contributed by atoms with Crippen LogP contribution in [0.1, 0.15) is 85.5 Å². The third kappa shape index (κ3) is 13.2. The summed E-state index contributed by atoms with van der Waals surface area (Å²) >= 11 is 1.83. The Morgan fingerprint density at radius 1 is 1.10 bits per heavy atom. The maximum absolute atomic E-state index is 9.60. The number of unbranched alkanes of at least 4 members (excludes halogenated alkanes) is 1. The van der Waals surface area contributed by atoms with E-state index in [0.717, 1.165) is 63.5 Å². The minimum atomic E-state index is 0.0394. The van der Waals surface area contributed by atoms with Crippen molar-refractivity contribution in [1.29, 1.82) is 10.5 Å². The molecule has 0 heterocycles. The summed E-state index contributed by atoms with van der Waals surface area (Å²) in [7, 11) is 0. The number of hydrogen-bond acceptors (Lipinski definition) is 3. The lowest BCUT2D eigenvalue weighted by Crippen LogP contribution is -2.23. The maximum atomic E-state index is 9.60. The average Bonchev–Trinajstić information content (AvgIpc) is 2.67. The maximum Gasteiger partial charge on any atom is 0.0940 e. The molecule has 0 spiro atoms. The van der Waals surface area contributed by atoms with E-state index in [-0.39, 0.29) is 11.3 Å². The molecule has 0 rings (SSSR count). The summed E-state index contributed by atoms with van der Waals surface area (Å²) in [4.78, 5) is 1.19. The van der Waals surface area contributed by atoms with E-state index in [9.17, 15) is 5.26 Å². The third-order valence-electron chi connectivity index (χ3n) is 5.31. The van der Waals surface area contributed by atoms with Gasteiger partial charge in [-0.3, -0.25) is 0 Å². The van der Waals surface area contributed by atoms with Crippen molar-refractivity contribution in [1.82, 2.24) is 0 Å². The molecule has 0 aromatic heterocycles. The lowest BCUT2D eigenvalue weighted by atomic mass is 9.73. The highest BCUT2D eigenvalue weighted by molar-refractivity contribution is 8.03. The van der Waals surface area contributed by atoms with E-state index in [4.69, 9.17) is 5.26 Å². The highest BCUT2D eigenvalue weighted by Crippen LogP contribution is 2.36. The van der Waals surface area contributed by atoms with Crippen LogP contribution in [-0.4, -0.2) is 5.75 Å². The number of rotatable bonds is 16. The van der Waals surface area contributed by atoms with E-state index in [2.05, 4.69) is 65.6 Å². The lowest BCUT2D eigenvalue weighted by Gasteiger charge is -2.30. The molecule has 3 heteroatoms. The lowest BCUT2D eigenvalue weighted by molar-refractivity contribution is 0.229. The van der Waals surface area contributed by atoms with Crippen molar-refractivity contribution < 1.29 is 0 Å². The Morgan fingerprint density at radius 2 is 1.79 bits per heavy atom. The van der Waals surface area contributed by atoms with Gasteiger partial charge in [0.05, 0.1) is 18.1 Å². The van der Waals surface area contributed by atoms with Crippen LogP contribution in [-0.2, 0) is 0 Å². The normalized spacial score (nSPS) is 12.7. The topological polar surface area (TPSA) is 47.6 Å². The summed E-state index contributed by atoms with van der Waals surface area (Å²) in [5.41, 5.74) is 3.23. The molecule has 160 valence electrons. The minimum absolute atomic E-state index is 0.0394. The Morgan fingerprint density at radius 3 is 2.34 bits per heavy atom. The molecule has 0 saturated heterocycles. The first-order chi connectivity index (χ1) is 13.7. The van der Waals surface area contributed by atoms with E-state index in [1.54, 1.807) is 0 Å². The SMILES string of the molecule is C=C(C)CCC(C)(C)C(C#N)CCCCSC(=C)C/C(=C\CC)CCC(=C)C#N. The highest BCUT2D eigenvalue weighted by atomic mass is 32.2. The van der Waals surface area contributed by atoms with Gasteiger partial charge >= 0.3 is 0 Å². The summed E-state index contributed by atoms with van der Waals surface area (Å²) in [5, 5.41) is 18.5. The Hall–Kier alpha value is -1.71. The predicted molar refractivity (Wildman–Crippen MR) is 129 cm³/mol. The predicted octanol–water partition coefficient (Wildman–Crippen LogP) is 8.51. The first-order valence-corrected chi connectivity index (χ1v) is 11.7. The van der Waals surface area contributed by atoms with Crippen molar-refractivity contribution in [3.63, 3.8) is 0 Å². The Labute approximate surface area is 184 Å². The zero-order valence-electron chi connectivity index (χ0n) is 19.1. The molecule has 29 heavy (non-hydrogen) atoms. The number of allylic oxidation sites excluding steroid dienone is 5. The summed E-state index contributed by atoms with van der Waals surface area (Å²) in [6, 6.07) is 4.67. The molecule has 0 N–H and O–H groups in total. The Kier molecular flexibility index (Phi) is 14.3. The van der Waals surface area contributed by atoms with Gasteiger partial charge in [-0.05, 0) is 74.4 Å². The second-order valence-electron chi connectivity index (χ2n) is 8.67. The van der Waals surface area contributed by atoms with Crippen molar-refractivity contribution in [3.05, 3.63) is 47.4 Å². The molecular weight excluding hydrogens is 372 g/mol. The van der Waals surface area contributed by atoms with Crippen LogP contribution in [0.2, 0.25) is 0 Å². The van der Waals surface area contributed by atoms with Gasteiger partial charge in [-0.15, -0.1) is 18.3 Å². The van der Waals surface area contributed by atoms with E-state index < -0.39 is 0 Å². The van der Waals surface area contributed by atoms with Gasteiger partial charge in [-0.1, -0.05) is 57.6 Å². The van der Waals surface area contributed by atoms with E-state index in [0.29, 0.717) is 5.57 Å². The van der Waals surface area contributed by atoms with Crippen LogP contribution in [0.15, 0.2) is 47.4 Å². The fourth-order valence-electron chi connectivity index (χ4n) is 3.23. The summed E-state index contributed by atoms with van der Waals surface area (Å²) < 4.78 is 0. The largest absolute Gasteiger partial charge is 0.198 e. The molecule has 1 unspecified atom stereocenters. The van der Waals surface area contributed by atoms with Gasteiger partial charge in [-0.2, -0.15) is 10.5 Å². The van der Waals surface area contributed by atoms with Crippen LogP contribution in [0.25, 0.3) is 0 Å². The molecule has 0 aliphatic rings. The fourth-order valence-corrected chi connectivity index (χ4v) is 4.15. The molecule has 0 aliphatic carbocycles. The van der Waals surface area contributed by atoms with Crippen molar-refractivity contribution in [2.75, 3.05) is 5.75 Å². The second-order valence-corrected chi connectivity index (χ2v) is 9.95. The quantitative estimate of drug-likeness (QED) is 0.145.